The summed E-state index contributed by atoms with van der Waals surface area (Å²) in [5.74, 6) is 1.21. The largest absolute Gasteiger partial charge is 0.497 e. The molecular weight excluding hydrogens is 499 g/mol. The van der Waals surface area contributed by atoms with Crippen molar-refractivity contribution >= 4 is 22.6 Å². The molecule has 1 aromatic heterocycles. The van der Waals surface area contributed by atoms with Gasteiger partial charge in [0, 0.05) is 65.5 Å². The molecule has 2 amide bonds. The average molecular weight is 531 g/mol. The van der Waals surface area contributed by atoms with Gasteiger partial charge in [0.1, 0.15) is 17.3 Å². The summed E-state index contributed by atoms with van der Waals surface area (Å²) in [6.07, 6.45) is 0. The van der Waals surface area contributed by atoms with Crippen molar-refractivity contribution in [1.29, 1.82) is 0 Å². The Labute approximate surface area is 225 Å². The first kappa shape index (κ1) is 25.2. The maximum absolute atomic E-state index is 13.6. The summed E-state index contributed by atoms with van der Waals surface area (Å²) in [5.41, 5.74) is 4.13. The van der Waals surface area contributed by atoms with Gasteiger partial charge in [-0.25, -0.2) is 9.18 Å². The van der Waals surface area contributed by atoms with E-state index in [4.69, 9.17) is 9.47 Å². The van der Waals surface area contributed by atoms with E-state index in [1.807, 2.05) is 30.3 Å². The first-order valence-corrected chi connectivity index (χ1v) is 12.9. The van der Waals surface area contributed by atoms with Crippen molar-refractivity contribution in [2.75, 3.05) is 45.8 Å². The third-order valence-corrected chi connectivity index (χ3v) is 7.92. The molecule has 0 radical (unpaired) electrons. The van der Waals surface area contributed by atoms with E-state index in [0.717, 1.165) is 58.9 Å². The summed E-state index contributed by atoms with van der Waals surface area (Å²) in [4.78, 5) is 21.1. The van der Waals surface area contributed by atoms with Gasteiger partial charge in [-0.1, -0.05) is 18.2 Å². The Morgan fingerprint density at radius 1 is 1.08 bits per heavy atom. The molecule has 3 N–H and O–H groups in total. The predicted molar refractivity (Wildman–Crippen MR) is 147 cm³/mol. The third-order valence-electron chi connectivity index (χ3n) is 7.92. The van der Waals surface area contributed by atoms with Crippen LogP contribution < -0.4 is 14.8 Å². The number of anilines is 1. The summed E-state index contributed by atoms with van der Waals surface area (Å²) in [7, 11) is 3.31. The number of aliphatic hydroxyl groups excluding tert-OH is 1. The zero-order valence-corrected chi connectivity index (χ0v) is 21.9. The number of urea groups is 1. The van der Waals surface area contributed by atoms with Crippen LogP contribution >= 0.6 is 0 Å². The molecule has 2 aliphatic rings. The van der Waals surface area contributed by atoms with E-state index in [-0.39, 0.29) is 23.9 Å². The molecule has 0 unspecified atom stereocenters. The minimum atomic E-state index is -0.562. The molecule has 2 aliphatic heterocycles. The Kier molecular flexibility index (Phi) is 6.40. The van der Waals surface area contributed by atoms with Crippen molar-refractivity contribution in [3.63, 3.8) is 0 Å². The number of hydrogen-bond acceptors (Lipinski definition) is 5. The topological polar surface area (TPSA) is 90.1 Å². The van der Waals surface area contributed by atoms with Gasteiger partial charge in [-0.2, -0.15) is 0 Å². The molecule has 0 aliphatic carbocycles. The van der Waals surface area contributed by atoms with Gasteiger partial charge in [0.05, 0.1) is 26.9 Å². The van der Waals surface area contributed by atoms with Gasteiger partial charge in [-0.15, -0.1) is 0 Å². The number of amides is 2. The number of halogens is 1. The van der Waals surface area contributed by atoms with Gasteiger partial charge in [-0.3, -0.25) is 4.90 Å². The van der Waals surface area contributed by atoms with E-state index in [1.165, 1.54) is 24.3 Å². The zero-order valence-electron chi connectivity index (χ0n) is 21.9. The highest BCUT2D eigenvalue weighted by Crippen LogP contribution is 2.49. The predicted octanol–water partition coefficient (Wildman–Crippen LogP) is 4.66. The molecule has 6 rings (SSSR count). The van der Waals surface area contributed by atoms with E-state index in [1.54, 1.807) is 19.1 Å². The number of nitrogens with one attached hydrogen (secondary N) is 2. The van der Waals surface area contributed by atoms with Gasteiger partial charge < -0.3 is 29.8 Å². The normalized spacial score (nSPS) is 18.1. The first-order chi connectivity index (χ1) is 18.9. The van der Waals surface area contributed by atoms with Crippen molar-refractivity contribution in [2.45, 2.75) is 18.0 Å². The van der Waals surface area contributed by atoms with Crippen molar-refractivity contribution in [2.24, 2.45) is 0 Å². The highest BCUT2D eigenvalue weighted by Gasteiger charge is 2.53. The molecule has 1 atom stereocenters. The van der Waals surface area contributed by atoms with Crippen LogP contribution in [0.4, 0.5) is 14.9 Å². The van der Waals surface area contributed by atoms with Crippen LogP contribution in [0.15, 0.2) is 66.7 Å². The lowest BCUT2D eigenvalue weighted by molar-refractivity contribution is 0.00823. The maximum Gasteiger partial charge on any atom is 0.322 e. The monoisotopic (exact) mass is 530 g/mol. The molecule has 1 saturated heterocycles. The van der Waals surface area contributed by atoms with Crippen LogP contribution in [-0.4, -0.2) is 66.4 Å². The van der Waals surface area contributed by atoms with E-state index in [2.05, 4.69) is 27.3 Å². The second-order valence-electron chi connectivity index (χ2n) is 10.3. The van der Waals surface area contributed by atoms with Crippen molar-refractivity contribution in [3.8, 4) is 11.5 Å². The molecule has 1 fully saturated rings. The molecule has 202 valence electrons. The van der Waals surface area contributed by atoms with Crippen molar-refractivity contribution in [3.05, 3.63) is 89.4 Å². The standard InChI is InChI=1S/C30H31FN4O4/c1-38-22-11-12-23-24(13-22)33-28-25(15-36)35(29(37)32-21-9-7-20(31)8-10-21)18-30(27(23)28)16-34(17-30)14-19-5-3-4-6-26(19)39-2/h3-13,25,33,36H,14-18H2,1-2H3,(H,32,37)/t25-/m0/s1. The third kappa shape index (κ3) is 4.37. The quantitative estimate of drug-likeness (QED) is 0.338. The lowest BCUT2D eigenvalue weighted by Crippen LogP contribution is -2.66. The Balaban J connectivity index is 1.36. The summed E-state index contributed by atoms with van der Waals surface area (Å²) in [6.45, 7) is 2.38. The lowest BCUT2D eigenvalue weighted by Gasteiger charge is -2.56. The number of hydrogen-bond donors (Lipinski definition) is 3. The fraction of sp³-hybridized carbons (Fsp3) is 0.300. The summed E-state index contributed by atoms with van der Waals surface area (Å²) in [6, 6.07) is 18.7. The number of fused-ring (bicyclic) bond motifs is 4. The SMILES string of the molecule is COc1ccc2c3c([nH]c2c1)[C@H](CO)N(C(=O)Nc1ccc(F)cc1)CC31CN(Cc2ccccc2OC)C1. The number of para-hydroxylation sites is 1. The van der Waals surface area contributed by atoms with E-state index >= 15 is 0 Å². The minimum absolute atomic E-state index is 0.241. The summed E-state index contributed by atoms with van der Waals surface area (Å²) in [5, 5.41) is 14.5. The van der Waals surface area contributed by atoms with E-state index in [0.29, 0.717) is 12.2 Å². The number of rotatable bonds is 6. The van der Waals surface area contributed by atoms with Crippen LogP contribution in [-0.2, 0) is 12.0 Å². The van der Waals surface area contributed by atoms with Crippen LogP contribution in [0.25, 0.3) is 10.9 Å². The number of methoxy groups -OCH3 is 2. The number of likely N-dealkylation sites (tertiary alicyclic amines) is 1. The van der Waals surface area contributed by atoms with Crippen LogP contribution in [0.5, 0.6) is 11.5 Å². The number of aliphatic hydroxyl groups is 1. The van der Waals surface area contributed by atoms with Gasteiger partial charge in [0.2, 0.25) is 0 Å². The molecular formula is C30H31FN4O4. The maximum atomic E-state index is 13.6. The van der Waals surface area contributed by atoms with Crippen molar-refractivity contribution in [1.82, 2.24) is 14.8 Å². The second kappa shape index (κ2) is 9.91. The zero-order chi connectivity index (χ0) is 27.1. The molecule has 39 heavy (non-hydrogen) atoms. The molecule has 3 heterocycles. The number of carbonyl (C=O) groups is 1. The number of H-pyrrole nitrogens is 1. The smallest absolute Gasteiger partial charge is 0.322 e. The number of aromatic amines is 1. The average Bonchev–Trinajstić information content (AvgIpc) is 3.32. The molecule has 1 spiro atoms. The van der Waals surface area contributed by atoms with Crippen LogP contribution in [0.2, 0.25) is 0 Å². The van der Waals surface area contributed by atoms with Gasteiger partial charge in [0.25, 0.3) is 0 Å². The number of ether oxygens (including phenoxy) is 2. The number of nitrogens with zero attached hydrogens (tertiary/aromatic N) is 2. The Morgan fingerprint density at radius 3 is 2.56 bits per heavy atom. The fourth-order valence-corrected chi connectivity index (χ4v) is 6.20. The van der Waals surface area contributed by atoms with Crippen molar-refractivity contribution < 1.29 is 23.8 Å². The highest BCUT2D eigenvalue weighted by molar-refractivity contribution is 5.92. The van der Waals surface area contributed by atoms with E-state index in [9.17, 15) is 14.3 Å². The highest BCUT2D eigenvalue weighted by atomic mass is 19.1. The van der Waals surface area contributed by atoms with Gasteiger partial charge >= 0.3 is 6.03 Å². The molecule has 4 aromatic rings. The summed E-state index contributed by atoms with van der Waals surface area (Å²) >= 11 is 0. The Hall–Kier alpha value is -4.08. The fourth-order valence-electron chi connectivity index (χ4n) is 6.20. The number of benzene rings is 3. The Morgan fingerprint density at radius 2 is 1.85 bits per heavy atom. The lowest BCUT2D eigenvalue weighted by atomic mass is 9.68. The van der Waals surface area contributed by atoms with Crippen LogP contribution in [0, 0.1) is 5.82 Å². The molecule has 0 saturated carbocycles. The number of aromatic nitrogens is 1. The Bertz CT molecular complexity index is 1510. The first-order valence-electron chi connectivity index (χ1n) is 12.9. The van der Waals surface area contributed by atoms with Gasteiger partial charge in [-0.05, 0) is 48.0 Å². The van der Waals surface area contributed by atoms with Crippen LogP contribution in [0.1, 0.15) is 22.9 Å². The summed E-state index contributed by atoms with van der Waals surface area (Å²) < 4.78 is 24.4. The molecule has 9 heteroatoms. The minimum Gasteiger partial charge on any atom is -0.497 e. The second-order valence-corrected chi connectivity index (χ2v) is 10.3. The molecule has 8 nitrogen and oxygen atoms in total. The van der Waals surface area contributed by atoms with Crippen LogP contribution in [0.3, 0.4) is 0 Å². The van der Waals surface area contributed by atoms with E-state index < -0.39 is 6.04 Å². The number of carbonyl (C=O) groups excluding carboxylic acids is 1. The molecule has 0 bridgehead atoms. The van der Waals surface area contributed by atoms with Gasteiger partial charge in [0.15, 0.2) is 0 Å². The molecule has 3 aromatic carbocycles.